The summed E-state index contributed by atoms with van der Waals surface area (Å²) in [5.74, 6) is -0.294. The van der Waals surface area contributed by atoms with Gasteiger partial charge >= 0.3 is 0 Å². The lowest BCUT2D eigenvalue weighted by atomic mass is 10.2. The van der Waals surface area contributed by atoms with Crippen LogP contribution in [-0.2, 0) is 9.53 Å². The number of likely N-dealkylation sites (N-methyl/N-ethyl adjacent to an activating group) is 1. The summed E-state index contributed by atoms with van der Waals surface area (Å²) in [5.41, 5.74) is 5.38. The van der Waals surface area contributed by atoms with Gasteiger partial charge in [-0.1, -0.05) is 13.8 Å². The molecule has 2 atom stereocenters. The molecule has 1 aliphatic rings. The molecule has 0 aromatic carbocycles. The average Bonchev–Trinajstić information content (AvgIpc) is 2.68. The summed E-state index contributed by atoms with van der Waals surface area (Å²) in [6.45, 7) is 6.38. The van der Waals surface area contributed by atoms with Crippen molar-refractivity contribution >= 4 is 5.91 Å². The monoisotopic (exact) mass is 243 g/mol. The lowest BCUT2D eigenvalue weighted by Gasteiger charge is -2.26. The minimum atomic E-state index is -0.294. The van der Waals surface area contributed by atoms with Gasteiger partial charge in [0.25, 0.3) is 0 Å². The molecule has 100 valence electrons. The standard InChI is InChI=1S/C12H25N3O2/c1-9(2)14-11(12(13)16)8-15(3)7-10-5-4-6-17-10/h9-11,14H,4-8H2,1-3H3,(H2,13,16). The maximum Gasteiger partial charge on any atom is 0.235 e. The van der Waals surface area contributed by atoms with Gasteiger partial charge in [-0.15, -0.1) is 0 Å². The van der Waals surface area contributed by atoms with Crippen LogP contribution in [0.5, 0.6) is 0 Å². The number of hydrogen-bond acceptors (Lipinski definition) is 4. The highest BCUT2D eigenvalue weighted by Gasteiger charge is 2.22. The lowest BCUT2D eigenvalue weighted by molar-refractivity contribution is -0.120. The molecule has 0 aromatic heterocycles. The van der Waals surface area contributed by atoms with Gasteiger partial charge in [-0.2, -0.15) is 0 Å². The van der Waals surface area contributed by atoms with E-state index < -0.39 is 0 Å². The Hall–Kier alpha value is -0.650. The molecule has 17 heavy (non-hydrogen) atoms. The molecule has 5 heteroatoms. The number of ether oxygens (including phenoxy) is 1. The zero-order chi connectivity index (χ0) is 12.8. The molecule has 1 aliphatic heterocycles. The van der Waals surface area contributed by atoms with Crippen molar-refractivity contribution in [2.24, 2.45) is 5.73 Å². The second-order valence-electron chi connectivity index (χ2n) is 5.13. The highest BCUT2D eigenvalue weighted by Crippen LogP contribution is 2.12. The first-order valence-corrected chi connectivity index (χ1v) is 6.34. The zero-order valence-electron chi connectivity index (χ0n) is 11.1. The van der Waals surface area contributed by atoms with Crippen molar-refractivity contribution in [3.8, 4) is 0 Å². The Bertz CT molecular complexity index is 240. The minimum absolute atomic E-state index is 0.253. The van der Waals surface area contributed by atoms with Crippen molar-refractivity contribution in [2.75, 3.05) is 26.7 Å². The number of primary amides is 1. The van der Waals surface area contributed by atoms with Crippen LogP contribution in [0.4, 0.5) is 0 Å². The zero-order valence-corrected chi connectivity index (χ0v) is 11.1. The first-order valence-electron chi connectivity index (χ1n) is 6.34. The van der Waals surface area contributed by atoms with E-state index in [2.05, 4.69) is 10.2 Å². The van der Waals surface area contributed by atoms with E-state index in [1.54, 1.807) is 0 Å². The van der Waals surface area contributed by atoms with Crippen molar-refractivity contribution in [1.29, 1.82) is 0 Å². The number of carbonyl (C=O) groups is 1. The van der Waals surface area contributed by atoms with Gasteiger partial charge in [-0.05, 0) is 19.9 Å². The third kappa shape index (κ3) is 5.48. The molecule has 1 rings (SSSR count). The second kappa shape index (κ2) is 6.93. The van der Waals surface area contributed by atoms with E-state index in [4.69, 9.17) is 10.5 Å². The van der Waals surface area contributed by atoms with Gasteiger partial charge in [0, 0.05) is 25.7 Å². The predicted molar refractivity (Wildman–Crippen MR) is 67.7 cm³/mol. The largest absolute Gasteiger partial charge is 0.377 e. The summed E-state index contributed by atoms with van der Waals surface area (Å²) in [7, 11) is 2.00. The molecule has 1 heterocycles. The van der Waals surface area contributed by atoms with Crippen molar-refractivity contribution in [3.63, 3.8) is 0 Å². The maximum atomic E-state index is 11.3. The van der Waals surface area contributed by atoms with Crippen LogP contribution in [-0.4, -0.2) is 55.7 Å². The fourth-order valence-corrected chi connectivity index (χ4v) is 2.15. The van der Waals surface area contributed by atoms with Gasteiger partial charge in [-0.25, -0.2) is 0 Å². The Morgan fingerprint density at radius 1 is 1.59 bits per heavy atom. The first kappa shape index (κ1) is 14.4. The lowest BCUT2D eigenvalue weighted by Crippen LogP contribution is -2.51. The van der Waals surface area contributed by atoms with Gasteiger partial charge in [0.05, 0.1) is 12.1 Å². The average molecular weight is 243 g/mol. The van der Waals surface area contributed by atoms with Gasteiger partial charge < -0.3 is 20.7 Å². The number of carbonyl (C=O) groups excluding carboxylic acids is 1. The summed E-state index contributed by atoms with van der Waals surface area (Å²) >= 11 is 0. The van der Waals surface area contributed by atoms with Crippen LogP contribution in [0, 0.1) is 0 Å². The highest BCUT2D eigenvalue weighted by molar-refractivity contribution is 5.80. The van der Waals surface area contributed by atoms with Crippen LogP contribution in [0.1, 0.15) is 26.7 Å². The molecule has 0 radical (unpaired) electrons. The predicted octanol–water partition coefficient (Wildman–Crippen LogP) is -0.0509. The molecule has 5 nitrogen and oxygen atoms in total. The Morgan fingerprint density at radius 2 is 2.29 bits per heavy atom. The molecule has 2 unspecified atom stereocenters. The topological polar surface area (TPSA) is 67.6 Å². The first-order chi connectivity index (χ1) is 7.99. The van der Waals surface area contributed by atoms with Crippen molar-refractivity contribution in [1.82, 2.24) is 10.2 Å². The number of nitrogens with two attached hydrogens (primary N) is 1. The Morgan fingerprint density at radius 3 is 2.76 bits per heavy atom. The van der Waals surface area contributed by atoms with E-state index in [1.165, 1.54) is 0 Å². The minimum Gasteiger partial charge on any atom is -0.377 e. The Balaban J connectivity index is 2.34. The Kier molecular flexibility index (Phi) is 5.88. The van der Waals surface area contributed by atoms with E-state index >= 15 is 0 Å². The molecule has 3 N–H and O–H groups in total. The van der Waals surface area contributed by atoms with E-state index in [0.717, 1.165) is 26.0 Å². The number of amides is 1. The molecule has 1 amide bonds. The van der Waals surface area contributed by atoms with E-state index in [-0.39, 0.29) is 18.0 Å². The quantitative estimate of drug-likeness (QED) is 0.658. The molecule has 0 bridgehead atoms. The maximum absolute atomic E-state index is 11.3. The molecular weight excluding hydrogens is 218 g/mol. The van der Waals surface area contributed by atoms with E-state index in [0.29, 0.717) is 12.6 Å². The van der Waals surface area contributed by atoms with Crippen LogP contribution in [0.25, 0.3) is 0 Å². The van der Waals surface area contributed by atoms with Crippen LogP contribution in [0.3, 0.4) is 0 Å². The van der Waals surface area contributed by atoms with Gasteiger partial charge in [0.15, 0.2) is 0 Å². The van der Waals surface area contributed by atoms with E-state index in [9.17, 15) is 4.79 Å². The third-order valence-electron chi connectivity index (χ3n) is 2.91. The fourth-order valence-electron chi connectivity index (χ4n) is 2.15. The summed E-state index contributed by atoms with van der Waals surface area (Å²) < 4.78 is 5.57. The Labute approximate surface area is 104 Å². The number of rotatable bonds is 7. The van der Waals surface area contributed by atoms with Crippen molar-refractivity contribution < 1.29 is 9.53 Å². The van der Waals surface area contributed by atoms with Crippen LogP contribution in [0.2, 0.25) is 0 Å². The SMILES string of the molecule is CC(C)NC(CN(C)CC1CCCO1)C(N)=O. The molecule has 1 fully saturated rings. The molecular formula is C12H25N3O2. The molecule has 0 saturated carbocycles. The van der Waals surface area contributed by atoms with Crippen LogP contribution >= 0.6 is 0 Å². The summed E-state index contributed by atoms with van der Waals surface area (Å²) in [4.78, 5) is 13.4. The van der Waals surface area contributed by atoms with Gasteiger partial charge in [0.1, 0.15) is 0 Å². The van der Waals surface area contributed by atoms with Crippen molar-refractivity contribution in [3.05, 3.63) is 0 Å². The summed E-state index contributed by atoms with van der Waals surface area (Å²) in [6, 6.07) is -0.0370. The second-order valence-corrected chi connectivity index (χ2v) is 5.13. The summed E-state index contributed by atoms with van der Waals surface area (Å²) in [5, 5.41) is 3.18. The van der Waals surface area contributed by atoms with Gasteiger partial charge in [0.2, 0.25) is 5.91 Å². The third-order valence-corrected chi connectivity index (χ3v) is 2.91. The van der Waals surface area contributed by atoms with Gasteiger partial charge in [-0.3, -0.25) is 4.79 Å². The fraction of sp³-hybridized carbons (Fsp3) is 0.917. The van der Waals surface area contributed by atoms with Crippen LogP contribution < -0.4 is 11.1 Å². The van der Waals surface area contributed by atoms with E-state index in [1.807, 2.05) is 20.9 Å². The number of nitrogens with zero attached hydrogens (tertiary/aromatic N) is 1. The smallest absolute Gasteiger partial charge is 0.235 e. The highest BCUT2D eigenvalue weighted by atomic mass is 16.5. The normalized spacial score (nSPS) is 22.3. The molecule has 0 aromatic rings. The molecule has 1 saturated heterocycles. The van der Waals surface area contributed by atoms with Crippen molar-refractivity contribution in [2.45, 2.75) is 44.9 Å². The molecule has 0 aliphatic carbocycles. The number of nitrogens with one attached hydrogen (secondary N) is 1. The summed E-state index contributed by atoms with van der Waals surface area (Å²) in [6.07, 6.45) is 2.57. The van der Waals surface area contributed by atoms with Crippen LogP contribution in [0.15, 0.2) is 0 Å². The number of hydrogen-bond donors (Lipinski definition) is 2. The molecule has 0 spiro atoms.